The highest BCUT2D eigenvalue weighted by atomic mass is 35.5. The normalized spacial score (nSPS) is 19.0. The highest BCUT2D eigenvalue weighted by molar-refractivity contribution is 6.35. The molecule has 1 aromatic rings. The van der Waals surface area contributed by atoms with E-state index in [9.17, 15) is 10.2 Å². The van der Waals surface area contributed by atoms with Crippen LogP contribution in [0.5, 0.6) is 5.75 Å². The van der Waals surface area contributed by atoms with E-state index in [4.69, 9.17) is 27.9 Å². The van der Waals surface area contributed by atoms with Gasteiger partial charge in [-0.1, -0.05) is 23.2 Å². The summed E-state index contributed by atoms with van der Waals surface area (Å²) in [6, 6.07) is 4.99. The standard InChI is InChI=1S/C14H19Cl2NO3/c15-10-1-2-14(13(16)7-10)20-9-12(19)8-17-5-3-11(18)4-6-17/h1-2,7,11-12,18-19H,3-6,8-9H2. The second-order valence-electron chi connectivity index (χ2n) is 5.07. The fourth-order valence-corrected chi connectivity index (χ4v) is 2.69. The molecule has 0 spiro atoms. The molecule has 20 heavy (non-hydrogen) atoms. The summed E-state index contributed by atoms with van der Waals surface area (Å²) in [6.45, 7) is 2.33. The van der Waals surface area contributed by atoms with Crippen LogP contribution in [0.4, 0.5) is 0 Å². The molecule has 2 rings (SSSR count). The van der Waals surface area contributed by atoms with Crippen LogP contribution in [-0.2, 0) is 0 Å². The molecule has 0 aliphatic carbocycles. The van der Waals surface area contributed by atoms with Crippen molar-refractivity contribution in [2.24, 2.45) is 0 Å². The highest BCUT2D eigenvalue weighted by Crippen LogP contribution is 2.27. The molecule has 1 unspecified atom stereocenters. The molecule has 2 N–H and O–H groups in total. The molecular formula is C14H19Cl2NO3. The van der Waals surface area contributed by atoms with Gasteiger partial charge in [-0.25, -0.2) is 0 Å². The van der Waals surface area contributed by atoms with Crippen molar-refractivity contribution in [3.8, 4) is 5.75 Å². The number of halogens is 2. The van der Waals surface area contributed by atoms with Crippen LogP contribution in [0, 0.1) is 0 Å². The first-order chi connectivity index (χ1) is 9.54. The van der Waals surface area contributed by atoms with E-state index in [-0.39, 0.29) is 12.7 Å². The highest BCUT2D eigenvalue weighted by Gasteiger charge is 2.19. The average molecular weight is 320 g/mol. The summed E-state index contributed by atoms with van der Waals surface area (Å²) in [4.78, 5) is 2.13. The summed E-state index contributed by atoms with van der Waals surface area (Å²) >= 11 is 11.8. The van der Waals surface area contributed by atoms with Gasteiger partial charge < -0.3 is 19.8 Å². The third kappa shape index (κ3) is 4.79. The van der Waals surface area contributed by atoms with Gasteiger partial charge in [0.1, 0.15) is 18.5 Å². The molecule has 1 aromatic carbocycles. The van der Waals surface area contributed by atoms with Crippen LogP contribution in [0.3, 0.4) is 0 Å². The van der Waals surface area contributed by atoms with Crippen molar-refractivity contribution in [2.75, 3.05) is 26.2 Å². The minimum absolute atomic E-state index is 0.181. The van der Waals surface area contributed by atoms with Gasteiger partial charge in [0.15, 0.2) is 0 Å². The fraction of sp³-hybridized carbons (Fsp3) is 0.571. The van der Waals surface area contributed by atoms with Gasteiger partial charge in [0, 0.05) is 24.7 Å². The van der Waals surface area contributed by atoms with E-state index >= 15 is 0 Å². The largest absolute Gasteiger partial charge is 0.489 e. The number of piperidine rings is 1. The topological polar surface area (TPSA) is 52.9 Å². The summed E-state index contributed by atoms with van der Waals surface area (Å²) in [6.07, 6.45) is 0.734. The van der Waals surface area contributed by atoms with Crippen molar-refractivity contribution in [1.29, 1.82) is 0 Å². The number of nitrogens with zero attached hydrogens (tertiary/aromatic N) is 1. The second kappa shape index (κ2) is 7.48. The number of aliphatic hydroxyl groups is 2. The molecule has 1 atom stereocenters. The molecule has 1 saturated heterocycles. The molecule has 4 nitrogen and oxygen atoms in total. The van der Waals surface area contributed by atoms with Gasteiger partial charge in [-0.2, -0.15) is 0 Å². The summed E-state index contributed by atoms with van der Waals surface area (Å²) in [7, 11) is 0. The van der Waals surface area contributed by atoms with E-state index in [2.05, 4.69) is 4.90 Å². The van der Waals surface area contributed by atoms with Gasteiger partial charge in [0.05, 0.1) is 11.1 Å². The van der Waals surface area contributed by atoms with Gasteiger partial charge in [0.25, 0.3) is 0 Å². The molecule has 112 valence electrons. The lowest BCUT2D eigenvalue weighted by molar-refractivity contribution is 0.0338. The Hall–Kier alpha value is -0.520. The first-order valence-electron chi connectivity index (χ1n) is 6.71. The van der Waals surface area contributed by atoms with E-state index in [1.165, 1.54) is 0 Å². The van der Waals surface area contributed by atoms with Crippen LogP contribution in [0.2, 0.25) is 10.0 Å². The Kier molecular flexibility index (Phi) is 5.93. The van der Waals surface area contributed by atoms with E-state index in [1.807, 2.05) is 0 Å². The summed E-state index contributed by atoms with van der Waals surface area (Å²) < 4.78 is 5.50. The van der Waals surface area contributed by atoms with Crippen LogP contribution in [-0.4, -0.2) is 53.6 Å². The molecule has 0 radical (unpaired) electrons. The Morgan fingerprint density at radius 2 is 2.00 bits per heavy atom. The van der Waals surface area contributed by atoms with E-state index < -0.39 is 6.10 Å². The van der Waals surface area contributed by atoms with Crippen LogP contribution in [0.15, 0.2) is 18.2 Å². The maximum Gasteiger partial charge on any atom is 0.138 e. The summed E-state index contributed by atoms with van der Waals surface area (Å²) in [5.41, 5.74) is 0. The molecule has 1 aliphatic heterocycles. The van der Waals surface area contributed by atoms with Crippen molar-refractivity contribution < 1.29 is 14.9 Å². The maximum atomic E-state index is 9.98. The zero-order chi connectivity index (χ0) is 14.5. The molecule has 1 fully saturated rings. The van der Waals surface area contributed by atoms with Crippen LogP contribution in [0.1, 0.15) is 12.8 Å². The van der Waals surface area contributed by atoms with Crippen LogP contribution >= 0.6 is 23.2 Å². The van der Waals surface area contributed by atoms with Crippen molar-refractivity contribution in [1.82, 2.24) is 4.90 Å². The van der Waals surface area contributed by atoms with Crippen molar-refractivity contribution in [3.05, 3.63) is 28.2 Å². The van der Waals surface area contributed by atoms with Gasteiger partial charge in [-0.3, -0.25) is 0 Å². The lowest BCUT2D eigenvalue weighted by Gasteiger charge is -2.30. The number of β-amino-alcohol motifs (C(OH)–C–C–N with tert-alkyl or cyclic N) is 1. The number of aliphatic hydroxyl groups excluding tert-OH is 2. The van der Waals surface area contributed by atoms with Gasteiger partial charge in [0.2, 0.25) is 0 Å². The lowest BCUT2D eigenvalue weighted by atomic mass is 10.1. The molecule has 1 heterocycles. The molecule has 0 saturated carbocycles. The minimum atomic E-state index is -0.586. The van der Waals surface area contributed by atoms with E-state index in [1.54, 1.807) is 18.2 Å². The SMILES string of the molecule is OC1CCN(CC(O)COc2ccc(Cl)cc2Cl)CC1. The molecule has 0 amide bonds. The smallest absolute Gasteiger partial charge is 0.138 e. The molecule has 0 aromatic heterocycles. The molecule has 6 heteroatoms. The fourth-order valence-electron chi connectivity index (χ4n) is 2.23. The maximum absolute atomic E-state index is 9.98. The predicted molar refractivity (Wildman–Crippen MR) is 79.6 cm³/mol. The van der Waals surface area contributed by atoms with E-state index in [0.717, 1.165) is 25.9 Å². The van der Waals surface area contributed by atoms with E-state index in [0.29, 0.717) is 22.3 Å². The average Bonchev–Trinajstić information content (AvgIpc) is 2.40. The second-order valence-corrected chi connectivity index (χ2v) is 5.91. The first-order valence-corrected chi connectivity index (χ1v) is 7.46. The number of hydrogen-bond donors (Lipinski definition) is 2. The summed E-state index contributed by atoms with van der Waals surface area (Å²) in [5.74, 6) is 0.518. The van der Waals surface area contributed by atoms with Crippen LogP contribution in [0.25, 0.3) is 0 Å². The zero-order valence-electron chi connectivity index (χ0n) is 11.1. The number of likely N-dealkylation sites (tertiary alicyclic amines) is 1. The Morgan fingerprint density at radius 1 is 1.30 bits per heavy atom. The Bertz CT molecular complexity index is 436. The Labute approximate surface area is 128 Å². The quantitative estimate of drug-likeness (QED) is 0.873. The third-order valence-electron chi connectivity index (χ3n) is 3.35. The van der Waals surface area contributed by atoms with Crippen molar-refractivity contribution in [2.45, 2.75) is 25.0 Å². The third-order valence-corrected chi connectivity index (χ3v) is 3.88. The number of ether oxygens (including phenoxy) is 1. The first kappa shape index (κ1) is 15.9. The number of rotatable bonds is 5. The van der Waals surface area contributed by atoms with Crippen molar-refractivity contribution in [3.63, 3.8) is 0 Å². The minimum Gasteiger partial charge on any atom is -0.489 e. The molecular weight excluding hydrogens is 301 g/mol. The lowest BCUT2D eigenvalue weighted by Crippen LogP contribution is -2.41. The summed E-state index contributed by atoms with van der Waals surface area (Å²) in [5, 5.41) is 20.4. The molecule has 0 bridgehead atoms. The van der Waals surface area contributed by atoms with Crippen LogP contribution < -0.4 is 4.74 Å². The molecule has 1 aliphatic rings. The number of benzene rings is 1. The van der Waals surface area contributed by atoms with Gasteiger partial charge in [-0.05, 0) is 31.0 Å². The van der Waals surface area contributed by atoms with Gasteiger partial charge in [-0.15, -0.1) is 0 Å². The predicted octanol–water partition coefficient (Wildman–Crippen LogP) is 2.19. The Morgan fingerprint density at radius 3 is 2.65 bits per heavy atom. The number of hydrogen-bond acceptors (Lipinski definition) is 4. The van der Waals surface area contributed by atoms with Gasteiger partial charge >= 0.3 is 0 Å². The monoisotopic (exact) mass is 319 g/mol. The zero-order valence-corrected chi connectivity index (χ0v) is 12.6. The van der Waals surface area contributed by atoms with Crippen molar-refractivity contribution >= 4 is 23.2 Å². The Balaban J connectivity index is 1.76.